The van der Waals surface area contributed by atoms with Crippen molar-refractivity contribution in [1.82, 2.24) is 9.47 Å². The van der Waals surface area contributed by atoms with E-state index in [-0.39, 0.29) is 12.1 Å². The molecule has 0 radical (unpaired) electrons. The number of nitrogens with zero attached hydrogens (tertiary/aromatic N) is 2. The minimum absolute atomic E-state index is 0.0825. The largest absolute Gasteiger partial charge is 0.497 e. The van der Waals surface area contributed by atoms with E-state index >= 15 is 0 Å². The van der Waals surface area contributed by atoms with Gasteiger partial charge in [-0.1, -0.05) is 24.3 Å². The molecule has 3 heterocycles. The van der Waals surface area contributed by atoms with Crippen molar-refractivity contribution < 1.29 is 9.53 Å². The van der Waals surface area contributed by atoms with Crippen molar-refractivity contribution in [3.05, 3.63) is 99.2 Å². The molecule has 184 valence electrons. The van der Waals surface area contributed by atoms with E-state index in [4.69, 9.17) is 4.74 Å². The minimum Gasteiger partial charge on any atom is -0.497 e. The fourth-order valence-corrected chi connectivity index (χ4v) is 7.00. The van der Waals surface area contributed by atoms with Crippen LogP contribution in [0.3, 0.4) is 0 Å². The second-order valence-electron chi connectivity index (χ2n) is 9.78. The van der Waals surface area contributed by atoms with Crippen molar-refractivity contribution in [2.45, 2.75) is 52.1 Å². The number of carbonyl (C=O) groups is 1. The zero-order valence-electron chi connectivity index (χ0n) is 21.0. The highest BCUT2D eigenvalue weighted by atomic mass is 32.1. The molecule has 0 unspecified atom stereocenters. The summed E-state index contributed by atoms with van der Waals surface area (Å²) in [5, 5.41) is 4.52. The van der Waals surface area contributed by atoms with E-state index in [1.807, 2.05) is 40.5 Å². The molecule has 0 saturated carbocycles. The molecule has 5 nitrogen and oxygen atoms in total. The van der Waals surface area contributed by atoms with Crippen LogP contribution in [0.15, 0.2) is 60.8 Å². The molecule has 6 heteroatoms. The maximum Gasteiger partial charge on any atom is 0.322 e. The van der Waals surface area contributed by atoms with Gasteiger partial charge in [-0.25, -0.2) is 4.79 Å². The van der Waals surface area contributed by atoms with E-state index in [9.17, 15) is 4.79 Å². The van der Waals surface area contributed by atoms with E-state index in [1.165, 1.54) is 39.4 Å². The van der Waals surface area contributed by atoms with Crippen LogP contribution < -0.4 is 10.1 Å². The fraction of sp³-hybridized carbons (Fsp3) is 0.300. The molecule has 1 atom stereocenters. The Labute approximate surface area is 216 Å². The van der Waals surface area contributed by atoms with Crippen molar-refractivity contribution in [2.75, 3.05) is 12.4 Å². The molecule has 0 spiro atoms. The molecule has 6 rings (SSSR count). The Bertz CT molecular complexity index is 1430. The summed E-state index contributed by atoms with van der Waals surface area (Å²) in [6.45, 7) is 4.72. The van der Waals surface area contributed by atoms with E-state index < -0.39 is 0 Å². The van der Waals surface area contributed by atoms with Gasteiger partial charge in [0.05, 0.1) is 25.4 Å². The Morgan fingerprint density at radius 2 is 1.81 bits per heavy atom. The lowest BCUT2D eigenvalue weighted by Gasteiger charge is -2.32. The van der Waals surface area contributed by atoms with E-state index in [0.717, 1.165) is 41.1 Å². The van der Waals surface area contributed by atoms with Crippen LogP contribution in [0.1, 0.15) is 57.3 Å². The maximum absolute atomic E-state index is 14.1. The van der Waals surface area contributed by atoms with Gasteiger partial charge in [0.1, 0.15) is 10.8 Å². The van der Waals surface area contributed by atoms with Gasteiger partial charge in [-0.15, -0.1) is 11.3 Å². The third kappa shape index (κ3) is 3.80. The monoisotopic (exact) mass is 497 g/mol. The summed E-state index contributed by atoms with van der Waals surface area (Å²) in [5.74, 6) is 0.808. The number of fused-ring (bicyclic) bond motifs is 5. The lowest BCUT2D eigenvalue weighted by molar-refractivity contribution is 0.194. The number of anilines is 1. The van der Waals surface area contributed by atoms with E-state index in [2.05, 4.69) is 60.3 Å². The van der Waals surface area contributed by atoms with Crippen LogP contribution in [0.25, 0.3) is 5.00 Å². The molecule has 2 aromatic carbocycles. The van der Waals surface area contributed by atoms with Crippen LogP contribution in [0.2, 0.25) is 0 Å². The van der Waals surface area contributed by atoms with Gasteiger partial charge < -0.3 is 19.5 Å². The number of hydrogen-bond donors (Lipinski definition) is 1. The quantitative estimate of drug-likeness (QED) is 0.326. The lowest BCUT2D eigenvalue weighted by atomic mass is 9.95. The molecule has 2 aliphatic rings. The van der Waals surface area contributed by atoms with Crippen molar-refractivity contribution >= 4 is 23.1 Å². The van der Waals surface area contributed by atoms with Crippen molar-refractivity contribution in [1.29, 1.82) is 0 Å². The predicted molar refractivity (Wildman–Crippen MR) is 146 cm³/mol. The number of carbonyl (C=O) groups excluding carboxylic acids is 1. The molecular formula is C30H31N3O2S. The number of aryl methyl sites for hydroxylation is 2. The van der Waals surface area contributed by atoms with Crippen molar-refractivity contribution in [3.63, 3.8) is 0 Å². The molecular weight excluding hydrogens is 466 g/mol. The number of rotatable bonds is 3. The number of methoxy groups -OCH3 is 1. The normalized spacial score (nSPS) is 16.5. The smallest absolute Gasteiger partial charge is 0.322 e. The van der Waals surface area contributed by atoms with Crippen LogP contribution in [0, 0.1) is 13.8 Å². The average molecular weight is 498 g/mol. The number of thiophene rings is 1. The summed E-state index contributed by atoms with van der Waals surface area (Å²) in [4.78, 5) is 17.6. The molecule has 4 aromatic rings. The Morgan fingerprint density at radius 1 is 1.00 bits per heavy atom. The highest BCUT2D eigenvalue weighted by Crippen LogP contribution is 2.44. The number of ether oxygens (including phenoxy) is 1. The predicted octanol–water partition coefficient (Wildman–Crippen LogP) is 7.18. The maximum atomic E-state index is 14.1. The van der Waals surface area contributed by atoms with Crippen molar-refractivity contribution in [3.8, 4) is 10.8 Å². The van der Waals surface area contributed by atoms with Gasteiger partial charge in [-0.3, -0.25) is 0 Å². The number of benzene rings is 2. The van der Waals surface area contributed by atoms with E-state index in [1.54, 1.807) is 7.11 Å². The average Bonchev–Trinajstić information content (AvgIpc) is 3.49. The van der Waals surface area contributed by atoms with E-state index in [0.29, 0.717) is 6.54 Å². The Hall–Kier alpha value is -3.51. The lowest BCUT2D eigenvalue weighted by Crippen LogP contribution is -2.38. The van der Waals surface area contributed by atoms with Gasteiger partial charge in [-0.05, 0) is 92.1 Å². The van der Waals surface area contributed by atoms with Crippen LogP contribution >= 0.6 is 11.3 Å². The molecule has 1 aliphatic heterocycles. The molecule has 1 N–H and O–H groups in total. The molecule has 2 aromatic heterocycles. The van der Waals surface area contributed by atoms with Gasteiger partial charge in [0.2, 0.25) is 0 Å². The minimum atomic E-state index is -0.227. The van der Waals surface area contributed by atoms with Crippen LogP contribution in [0.5, 0.6) is 5.75 Å². The number of aromatic nitrogens is 1. The standard InChI is InChI=1S/C30H31N3O2S/c1-19-8-6-10-25(20(19)2)31-30(34)33-18-24-23-9-4-5-12-27(23)36-29(24)32-17-7-11-26(32)28(33)21-13-15-22(35-3)16-14-21/h6-8,10-11,13-17,28H,4-5,9,12,18H2,1-3H3,(H,31,34)/t28-/m1/s1. The zero-order chi connectivity index (χ0) is 24.8. The van der Waals surface area contributed by atoms with Crippen LogP contribution in [-0.2, 0) is 19.4 Å². The summed E-state index contributed by atoms with van der Waals surface area (Å²) in [6.07, 6.45) is 6.85. The summed E-state index contributed by atoms with van der Waals surface area (Å²) in [6, 6.07) is 18.1. The van der Waals surface area contributed by atoms with Crippen LogP contribution in [-0.4, -0.2) is 22.6 Å². The first-order chi connectivity index (χ1) is 17.5. The third-order valence-corrected chi connectivity index (χ3v) is 9.05. The van der Waals surface area contributed by atoms with Crippen molar-refractivity contribution in [2.24, 2.45) is 0 Å². The molecule has 0 saturated heterocycles. The first-order valence-electron chi connectivity index (χ1n) is 12.6. The molecule has 2 amide bonds. The Kier molecular flexibility index (Phi) is 5.84. The van der Waals surface area contributed by atoms with Crippen LogP contribution in [0.4, 0.5) is 10.5 Å². The summed E-state index contributed by atoms with van der Waals surface area (Å²) in [7, 11) is 1.68. The number of urea groups is 1. The number of hydrogen-bond acceptors (Lipinski definition) is 3. The van der Waals surface area contributed by atoms with Gasteiger partial charge in [0.25, 0.3) is 0 Å². The molecule has 0 fully saturated rings. The first kappa shape index (κ1) is 22.9. The molecule has 36 heavy (non-hydrogen) atoms. The highest BCUT2D eigenvalue weighted by Gasteiger charge is 2.36. The van der Waals surface area contributed by atoms with Gasteiger partial charge in [0, 0.05) is 22.3 Å². The topological polar surface area (TPSA) is 46.5 Å². The zero-order valence-corrected chi connectivity index (χ0v) is 21.8. The number of amides is 2. The van der Waals surface area contributed by atoms with Gasteiger partial charge in [-0.2, -0.15) is 0 Å². The fourth-order valence-electron chi connectivity index (χ4n) is 5.60. The number of nitrogens with one attached hydrogen (secondary N) is 1. The second kappa shape index (κ2) is 9.17. The van der Waals surface area contributed by atoms with Gasteiger partial charge >= 0.3 is 6.03 Å². The third-order valence-electron chi connectivity index (χ3n) is 7.72. The molecule has 1 aliphatic carbocycles. The summed E-state index contributed by atoms with van der Waals surface area (Å²) >= 11 is 1.91. The van der Waals surface area contributed by atoms with Gasteiger partial charge in [0.15, 0.2) is 0 Å². The summed E-state index contributed by atoms with van der Waals surface area (Å²) < 4.78 is 7.74. The first-order valence-corrected chi connectivity index (χ1v) is 13.5. The Morgan fingerprint density at radius 3 is 2.61 bits per heavy atom. The molecule has 0 bridgehead atoms. The summed E-state index contributed by atoms with van der Waals surface area (Å²) in [5.41, 5.74) is 8.06. The highest BCUT2D eigenvalue weighted by molar-refractivity contribution is 7.15. The Balaban J connectivity index is 1.49. The second-order valence-corrected chi connectivity index (χ2v) is 10.9. The SMILES string of the molecule is COc1ccc([C@@H]2c3cccn3-c3sc4c(c3CN2C(=O)Nc2cccc(C)c2C)CCCC4)cc1.